The molecule has 0 radical (unpaired) electrons. The topological polar surface area (TPSA) is 84.2 Å². The van der Waals surface area contributed by atoms with Crippen LogP contribution in [0.5, 0.6) is 5.75 Å². The average Bonchev–Trinajstić information content (AvgIpc) is 3.10. The number of hydrogen-bond acceptors (Lipinski definition) is 5. The summed E-state index contributed by atoms with van der Waals surface area (Å²) in [6, 6.07) is 12.5. The largest absolute Gasteiger partial charge is 0.506 e. The first kappa shape index (κ1) is 18.7. The summed E-state index contributed by atoms with van der Waals surface area (Å²) in [5.74, 6) is -0.327. The minimum absolute atomic E-state index is 0.0793. The summed E-state index contributed by atoms with van der Waals surface area (Å²) < 4.78 is 1.94. The third kappa shape index (κ3) is 4.57. The van der Waals surface area contributed by atoms with Crippen LogP contribution in [0, 0.1) is 6.92 Å². The number of imidazole rings is 1. The van der Waals surface area contributed by atoms with Crippen LogP contribution in [0.1, 0.15) is 22.8 Å². The number of phenols is 1. The standard InChI is InChI=1S/C20H19N3O3S/c1-13-4-3-5-16(10-13)23-9-8-21-20(23)27-12-19(26)15-6-7-18(25)17(11-15)22-14(2)24/h3-11,25H,12H2,1-2H3,(H,22,24). The molecular formula is C20H19N3O3S. The van der Waals surface area contributed by atoms with Gasteiger partial charge in [0.2, 0.25) is 5.91 Å². The lowest BCUT2D eigenvalue weighted by molar-refractivity contribution is -0.114. The predicted molar refractivity (Wildman–Crippen MR) is 106 cm³/mol. The van der Waals surface area contributed by atoms with Crippen LogP contribution < -0.4 is 5.32 Å². The van der Waals surface area contributed by atoms with E-state index < -0.39 is 0 Å². The summed E-state index contributed by atoms with van der Waals surface area (Å²) in [6.45, 7) is 3.36. The highest BCUT2D eigenvalue weighted by Crippen LogP contribution is 2.26. The quantitative estimate of drug-likeness (QED) is 0.385. The molecule has 6 nitrogen and oxygen atoms in total. The van der Waals surface area contributed by atoms with Crippen molar-refractivity contribution in [2.24, 2.45) is 0 Å². The maximum absolute atomic E-state index is 12.5. The molecule has 0 atom stereocenters. The van der Waals surface area contributed by atoms with Gasteiger partial charge in [0.05, 0.1) is 11.4 Å². The summed E-state index contributed by atoms with van der Waals surface area (Å²) in [5.41, 5.74) is 2.76. The Morgan fingerprint density at radius 1 is 1.22 bits per heavy atom. The Balaban J connectivity index is 1.74. The highest BCUT2D eigenvalue weighted by molar-refractivity contribution is 7.99. The normalized spacial score (nSPS) is 10.6. The number of aromatic nitrogens is 2. The Bertz CT molecular complexity index is 998. The van der Waals surface area contributed by atoms with Crippen LogP contribution in [0.3, 0.4) is 0 Å². The number of carbonyl (C=O) groups excluding carboxylic acids is 2. The molecule has 0 spiro atoms. The van der Waals surface area contributed by atoms with E-state index in [1.54, 1.807) is 6.20 Å². The van der Waals surface area contributed by atoms with Crippen LogP contribution in [0.25, 0.3) is 5.69 Å². The molecule has 3 rings (SSSR count). The zero-order chi connectivity index (χ0) is 19.4. The zero-order valence-corrected chi connectivity index (χ0v) is 15.8. The smallest absolute Gasteiger partial charge is 0.221 e. The lowest BCUT2D eigenvalue weighted by Gasteiger charge is -2.09. The van der Waals surface area contributed by atoms with Gasteiger partial charge in [-0.1, -0.05) is 23.9 Å². The lowest BCUT2D eigenvalue weighted by atomic mass is 10.1. The molecule has 138 valence electrons. The van der Waals surface area contributed by atoms with E-state index in [1.165, 1.54) is 36.9 Å². The number of carbonyl (C=O) groups is 2. The number of phenolic OH excluding ortho intramolecular Hbond substituents is 1. The first-order chi connectivity index (χ1) is 12.9. The molecule has 0 bridgehead atoms. The van der Waals surface area contributed by atoms with E-state index in [1.807, 2.05) is 42.0 Å². The molecule has 2 aromatic carbocycles. The molecule has 27 heavy (non-hydrogen) atoms. The van der Waals surface area contributed by atoms with Gasteiger partial charge >= 0.3 is 0 Å². The number of thioether (sulfide) groups is 1. The van der Waals surface area contributed by atoms with Crippen LogP contribution in [0.4, 0.5) is 5.69 Å². The monoisotopic (exact) mass is 381 g/mol. The van der Waals surface area contributed by atoms with Crippen LogP contribution in [0.15, 0.2) is 60.0 Å². The number of hydrogen-bond donors (Lipinski definition) is 2. The van der Waals surface area contributed by atoms with Gasteiger partial charge in [-0.05, 0) is 42.8 Å². The Morgan fingerprint density at radius 3 is 2.78 bits per heavy atom. The fourth-order valence-corrected chi connectivity index (χ4v) is 3.45. The molecule has 0 aliphatic rings. The van der Waals surface area contributed by atoms with E-state index in [0.29, 0.717) is 5.56 Å². The van der Waals surface area contributed by atoms with Gasteiger partial charge in [0.1, 0.15) is 5.75 Å². The second kappa shape index (κ2) is 8.09. The van der Waals surface area contributed by atoms with Crippen molar-refractivity contribution in [1.29, 1.82) is 0 Å². The van der Waals surface area contributed by atoms with Gasteiger partial charge in [-0.15, -0.1) is 0 Å². The number of nitrogens with zero attached hydrogens (tertiary/aromatic N) is 2. The maximum Gasteiger partial charge on any atom is 0.221 e. The zero-order valence-electron chi connectivity index (χ0n) is 15.0. The van der Waals surface area contributed by atoms with Crippen molar-refractivity contribution in [1.82, 2.24) is 9.55 Å². The van der Waals surface area contributed by atoms with Crippen LogP contribution in [-0.2, 0) is 4.79 Å². The third-order valence-corrected chi connectivity index (χ3v) is 4.82. The van der Waals surface area contributed by atoms with Gasteiger partial charge in [0.25, 0.3) is 0 Å². The molecule has 0 saturated carbocycles. The van der Waals surface area contributed by atoms with Gasteiger partial charge in [-0.25, -0.2) is 4.98 Å². The van der Waals surface area contributed by atoms with E-state index in [4.69, 9.17) is 0 Å². The van der Waals surface area contributed by atoms with Crippen molar-refractivity contribution >= 4 is 29.1 Å². The minimum atomic E-state index is -0.315. The number of Topliss-reactive ketones (excluding diaryl/α,β-unsaturated/α-hetero) is 1. The number of nitrogens with one attached hydrogen (secondary N) is 1. The molecule has 1 heterocycles. The van der Waals surface area contributed by atoms with E-state index in [0.717, 1.165) is 16.4 Å². The number of anilines is 1. The molecule has 0 saturated heterocycles. The number of rotatable bonds is 6. The number of ketones is 1. The molecule has 0 aliphatic carbocycles. The Labute approximate surface area is 161 Å². The Morgan fingerprint density at radius 2 is 2.04 bits per heavy atom. The van der Waals surface area contributed by atoms with Gasteiger partial charge < -0.3 is 10.4 Å². The number of amides is 1. The molecule has 1 aromatic heterocycles. The first-order valence-electron chi connectivity index (χ1n) is 8.31. The summed E-state index contributed by atoms with van der Waals surface area (Å²) >= 11 is 1.33. The second-order valence-electron chi connectivity index (χ2n) is 6.04. The van der Waals surface area contributed by atoms with Gasteiger partial charge in [-0.2, -0.15) is 0 Å². The summed E-state index contributed by atoms with van der Waals surface area (Å²) in [5, 5.41) is 13.0. The van der Waals surface area contributed by atoms with E-state index in [2.05, 4.69) is 10.3 Å². The highest BCUT2D eigenvalue weighted by Gasteiger charge is 2.13. The van der Waals surface area contributed by atoms with Gasteiger partial charge in [-0.3, -0.25) is 14.2 Å². The molecule has 2 N–H and O–H groups in total. The van der Waals surface area contributed by atoms with E-state index >= 15 is 0 Å². The summed E-state index contributed by atoms with van der Waals surface area (Å²) in [4.78, 5) is 28.1. The molecule has 0 fully saturated rings. The van der Waals surface area contributed by atoms with Crippen molar-refractivity contribution in [3.05, 3.63) is 66.0 Å². The molecule has 0 aliphatic heterocycles. The van der Waals surface area contributed by atoms with Gasteiger partial charge in [0, 0.05) is 30.6 Å². The number of benzene rings is 2. The summed E-state index contributed by atoms with van der Waals surface area (Å²) in [6.07, 6.45) is 3.56. The predicted octanol–water partition coefficient (Wildman–Crippen LogP) is 3.82. The number of aryl methyl sites for hydroxylation is 1. The highest BCUT2D eigenvalue weighted by atomic mass is 32.2. The van der Waals surface area contributed by atoms with Crippen molar-refractivity contribution in [2.45, 2.75) is 19.0 Å². The Hall–Kier alpha value is -3.06. The SMILES string of the molecule is CC(=O)Nc1cc(C(=O)CSc2nccn2-c2cccc(C)c2)ccc1O. The summed E-state index contributed by atoms with van der Waals surface area (Å²) in [7, 11) is 0. The van der Waals surface area contributed by atoms with Crippen LogP contribution in [-0.4, -0.2) is 32.1 Å². The van der Waals surface area contributed by atoms with Crippen LogP contribution >= 0.6 is 11.8 Å². The lowest BCUT2D eigenvalue weighted by Crippen LogP contribution is -2.08. The first-order valence-corrected chi connectivity index (χ1v) is 9.29. The average molecular weight is 381 g/mol. The van der Waals surface area contributed by atoms with E-state index in [9.17, 15) is 14.7 Å². The Kier molecular flexibility index (Phi) is 5.61. The van der Waals surface area contributed by atoms with Crippen molar-refractivity contribution < 1.29 is 14.7 Å². The van der Waals surface area contributed by atoms with Crippen molar-refractivity contribution in [3.8, 4) is 11.4 Å². The van der Waals surface area contributed by atoms with Crippen molar-refractivity contribution in [2.75, 3.05) is 11.1 Å². The minimum Gasteiger partial charge on any atom is -0.506 e. The molecule has 3 aromatic rings. The molecule has 1 amide bonds. The molecule has 7 heteroatoms. The number of aromatic hydroxyl groups is 1. The molecule has 0 unspecified atom stereocenters. The third-order valence-electron chi connectivity index (χ3n) is 3.85. The second-order valence-corrected chi connectivity index (χ2v) is 6.99. The van der Waals surface area contributed by atoms with E-state index in [-0.39, 0.29) is 28.9 Å². The van der Waals surface area contributed by atoms with Crippen LogP contribution in [0.2, 0.25) is 0 Å². The van der Waals surface area contributed by atoms with Gasteiger partial charge in [0.15, 0.2) is 10.9 Å². The molecular weight excluding hydrogens is 362 g/mol. The fourth-order valence-electron chi connectivity index (χ4n) is 2.58. The fraction of sp³-hybridized carbons (Fsp3) is 0.150. The maximum atomic E-state index is 12.5. The van der Waals surface area contributed by atoms with Crippen molar-refractivity contribution in [3.63, 3.8) is 0 Å².